The fourth-order valence-electron chi connectivity index (χ4n) is 3.41. The highest BCUT2D eigenvalue weighted by atomic mass is 16.5. The number of hydrogen-bond donors (Lipinski definition) is 2. The average Bonchev–Trinajstić information content (AvgIpc) is 3.16. The van der Waals surface area contributed by atoms with Crippen molar-refractivity contribution in [1.82, 2.24) is 25.5 Å². The summed E-state index contributed by atoms with van der Waals surface area (Å²) in [6, 6.07) is 5.55. The van der Waals surface area contributed by atoms with Gasteiger partial charge in [-0.25, -0.2) is 0 Å². The van der Waals surface area contributed by atoms with E-state index in [0.29, 0.717) is 24.0 Å². The summed E-state index contributed by atoms with van der Waals surface area (Å²) < 4.78 is 7.18. The van der Waals surface area contributed by atoms with Crippen LogP contribution in [0.1, 0.15) is 43.8 Å². The lowest BCUT2D eigenvalue weighted by atomic mass is 10.0. The second kappa shape index (κ2) is 7.41. The molecule has 0 radical (unpaired) electrons. The summed E-state index contributed by atoms with van der Waals surface area (Å²) in [7, 11) is 1.62. The number of nitrogens with one attached hydrogen (secondary N) is 2. The monoisotopic (exact) mass is 356 g/mol. The Morgan fingerprint density at radius 1 is 1.38 bits per heavy atom. The van der Waals surface area contributed by atoms with Gasteiger partial charge in [0.15, 0.2) is 5.82 Å². The Balaban J connectivity index is 1.48. The summed E-state index contributed by atoms with van der Waals surface area (Å²) in [6.45, 7) is 2.08. The number of aromatic nitrogens is 4. The van der Waals surface area contributed by atoms with E-state index in [2.05, 4.69) is 26.2 Å². The van der Waals surface area contributed by atoms with Crippen LogP contribution in [0.2, 0.25) is 0 Å². The van der Waals surface area contributed by atoms with Crippen molar-refractivity contribution in [1.29, 1.82) is 0 Å². The SMILES string of the molecule is COc1ccc(NC(=O)CCC2CCNC2)cc1-n1nnnc1C1CC1. The number of methoxy groups -OCH3 is 1. The summed E-state index contributed by atoms with van der Waals surface area (Å²) in [4.78, 5) is 12.3. The van der Waals surface area contributed by atoms with Crippen molar-refractivity contribution in [2.45, 2.75) is 38.0 Å². The molecule has 0 bridgehead atoms. The first-order valence-corrected chi connectivity index (χ1v) is 9.22. The number of ether oxygens (including phenoxy) is 1. The number of nitrogens with zero attached hydrogens (tertiary/aromatic N) is 4. The number of rotatable bonds is 7. The largest absolute Gasteiger partial charge is 0.494 e. The maximum Gasteiger partial charge on any atom is 0.224 e. The highest BCUT2D eigenvalue weighted by Crippen LogP contribution is 2.40. The van der Waals surface area contributed by atoms with Crippen molar-refractivity contribution in [2.75, 3.05) is 25.5 Å². The zero-order valence-electron chi connectivity index (χ0n) is 14.9. The molecule has 2 aliphatic rings. The lowest BCUT2D eigenvalue weighted by Gasteiger charge is -2.13. The molecule has 2 N–H and O–H groups in total. The highest BCUT2D eigenvalue weighted by Gasteiger charge is 2.30. The number of carbonyl (C=O) groups excluding carboxylic acids is 1. The summed E-state index contributed by atoms with van der Waals surface area (Å²) in [5.74, 6) is 2.57. The van der Waals surface area contributed by atoms with E-state index in [1.807, 2.05) is 18.2 Å². The molecular formula is C18H24N6O2. The molecule has 4 rings (SSSR count). The molecule has 0 spiro atoms. The van der Waals surface area contributed by atoms with E-state index in [0.717, 1.165) is 56.0 Å². The molecule has 1 aliphatic carbocycles. The van der Waals surface area contributed by atoms with Gasteiger partial charge in [-0.15, -0.1) is 5.10 Å². The average molecular weight is 356 g/mol. The molecule has 8 heteroatoms. The number of hydrogen-bond acceptors (Lipinski definition) is 6. The molecule has 2 aromatic rings. The van der Waals surface area contributed by atoms with Crippen molar-refractivity contribution >= 4 is 11.6 Å². The zero-order chi connectivity index (χ0) is 17.9. The second-order valence-electron chi connectivity index (χ2n) is 7.06. The first-order chi connectivity index (χ1) is 12.7. The van der Waals surface area contributed by atoms with Crippen molar-refractivity contribution in [3.05, 3.63) is 24.0 Å². The van der Waals surface area contributed by atoms with Crippen LogP contribution in [-0.4, -0.2) is 46.3 Å². The topological polar surface area (TPSA) is 94.0 Å². The van der Waals surface area contributed by atoms with Gasteiger partial charge in [0.2, 0.25) is 5.91 Å². The highest BCUT2D eigenvalue weighted by molar-refractivity contribution is 5.91. The quantitative estimate of drug-likeness (QED) is 0.787. The minimum absolute atomic E-state index is 0.0344. The van der Waals surface area contributed by atoms with E-state index in [-0.39, 0.29) is 5.91 Å². The van der Waals surface area contributed by atoms with Gasteiger partial charge in [0.05, 0.1) is 7.11 Å². The fourth-order valence-corrected chi connectivity index (χ4v) is 3.41. The maximum absolute atomic E-state index is 12.3. The predicted octanol–water partition coefficient (Wildman–Crippen LogP) is 1.88. The molecular weight excluding hydrogens is 332 g/mol. The Morgan fingerprint density at radius 3 is 3.00 bits per heavy atom. The first kappa shape index (κ1) is 17.0. The summed E-state index contributed by atoms with van der Waals surface area (Å²) in [6.07, 6.45) is 4.82. The molecule has 1 aromatic carbocycles. The third kappa shape index (κ3) is 3.70. The van der Waals surface area contributed by atoms with Crippen LogP contribution >= 0.6 is 0 Å². The number of amides is 1. The van der Waals surface area contributed by atoms with E-state index in [1.165, 1.54) is 0 Å². The lowest BCUT2D eigenvalue weighted by molar-refractivity contribution is -0.116. The normalized spacial score (nSPS) is 19.5. The van der Waals surface area contributed by atoms with Crippen LogP contribution in [-0.2, 0) is 4.79 Å². The van der Waals surface area contributed by atoms with Crippen molar-refractivity contribution in [3.63, 3.8) is 0 Å². The smallest absolute Gasteiger partial charge is 0.224 e. The zero-order valence-corrected chi connectivity index (χ0v) is 14.9. The van der Waals surface area contributed by atoms with Crippen molar-refractivity contribution in [3.8, 4) is 11.4 Å². The van der Waals surface area contributed by atoms with Crippen LogP contribution in [0.25, 0.3) is 5.69 Å². The van der Waals surface area contributed by atoms with Crippen molar-refractivity contribution in [2.24, 2.45) is 5.92 Å². The standard InChI is InChI=1S/C18H24N6O2/c1-26-16-6-5-14(20-17(25)7-2-12-8-9-19-11-12)10-15(16)24-18(13-3-4-13)21-22-23-24/h5-6,10,12-13,19H,2-4,7-9,11H2,1H3,(H,20,25). The molecule has 138 valence electrons. The summed E-state index contributed by atoms with van der Waals surface area (Å²) >= 11 is 0. The van der Waals surface area contributed by atoms with Crippen LogP contribution in [0.3, 0.4) is 0 Å². The van der Waals surface area contributed by atoms with E-state index in [9.17, 15) is 4.79 Å². The van der Waals surface area contributed by atoms with Gasteiger partial charge in [0.1, 0.15) is 11.4 Å². The van der Waals surface area contributed by atoms with Gasteiger partial charge in [-0.3, -0.25) is 4.79 Å². The number of tetrazole rings is 1. The van der Waals surface area contributed by atoms with E-state index < -0.39 is 0 Å². The molecule has 1 aromatic heterocycles. The molecule has 1 saturated carbocycles. The van der Waals surface area contributed by atoms with Crippen LogP contribution in [0.15, 0.2) is 18.2 Å². The van der Waals surface area contributed by atoms with Crippen LogP contribution < -0.4 is 15.4 Å². The molecule has 1 aliphatic heterocycles. The molecule has 1 amide bonds. The van der Waals surface area contributed by atoms with Crippen molar-refractivity contribution < 1.29 is 9.53 Å². The van der Waals surface area contributed by atoms with Gasteiger partial charge in [-0.05, 0) is 73.3 Å². The van der Waals surface area contributed by atoms with E-state index in [4.69, 9.17) is 4.74 Å². The van der Waals surface area contributed by atoms with Gasteiger partial charge in [0.25, 0.3) is 0 Å². The van der Waals surface area contributed by atoms with Crippen LogP contribution in [0.4, 0.5) is 5.69 Å². The third-order valence-corrected chi connectivity index (χ3v) is 5.07. The van der Waals surface area contributed by atoms with Gasteiger partial charge in [0, 0.05) is 18.0 Å². The Bertz CT molecular complexity index is 780. The Hall–Kier alpha value is -2.48. The molecule has 1 saturated heterocycles. The first-order valence-electron chi connectivity index (χ1n) is 9.22. The minimum Gasteiger partial charge on any atom is -0.494 e. The Labute approximate surface area is 152 Å². The Kier molecular flexibility index (Phi) is 4.83. The van der Waals surface area contributed by atoms with Crippen LogP contribution in [0, 0.1) is 5.92 Å². The van der Waals surface area contributed by atoms with Gasteiger partial charge in [-0.2, -0.15) is 4.68 Å². The lowest BCUT2D eigenvalue weighted by Crippen LogP contribution is -2.15. The predicted molar refractivity (Wildman–Crippen MR) is 96.5 cm³/mol. The van der Waals surface area contributed by atoms with Gasteiger partial charge in [-0.1, -0.05) is 0 Å². The van der Waals surface area contributed by atoms with E-state index in [1.54, 1.807) is 11.8 Å². The summed E-state index contributed by atoms with van der Waals surface area (Å²) in [5, 5.41) is 18.4. The third-order valence-electron chi connectivity index (χ3n) is 5.07. The molecule has 8 nitrogen and oxygen atoms in total. The van der Waals surface area contributed by atoms with E-state index >= 15 is 0 Å². The molecule has 1 unspecified atom stereocenters. The number of carbonyl (C=O) groups is 1. The molecule has 2 heterocycles. The Morgan fingerprint density at radius 2 is 2.27 bits per heavy atom. The minimum atomic E-state index is 0.0344. The van der Waals surface area contributed by atoms with Gasteiger partial charge < -0.3 is 15.4 Å². The summed E-state index contributed by atoms with van der Waals surface area (Å²) in [5.41, 5.74) is 1.48. The number of benzene rings is 1. The maximum atomic E-state index is 12.3. The van der Waals surface area contributed by atoms with Crippen LogP contribution in [0.5, 0.6) is 5.75 Å². The number of anilines is 1. The molecule has 2 fully saturated rings. The van der Waals surface area contributed by atoms with Gasteiger partial charge >= 0.3 is 0 Å². The molecule has 1 atom stereocenters. The molecule has 26 heavy (non-hydrogen) atoms. The fraction of sp³-hybridized carbons (Fsp3) is 0.556. The second-order valence-corrected chi connectivity index (χ2v) is 7.06.